The van der Waals surface area contributed by atoms with Crippen LogP contribution in [0.25, 0.3) is 11.1 Å². The van der Waals surface area contributed by atoms with Gasteiger partial charge in [0.15, 0.2) is 0 Å². The number of nitrogens with zero attached hydrogens (tertiary/aromatic N) is 1. The van der Waals surface area contributed by atoms with E-state index in [2.05, 4.69) is 29.6 Å². The van der Waals surface area contributed by atoms with Gasteiger partial charge in [0.1, 0.15) is 6.61 Å². The lowest BCUT2D eigenvalue weighted by molar-refractivity contribution is -0.148. The van der Waals surface area contributed by atoms with E-state index in [4.69, 9.17) is 4.74 Å². The summed E-state index contributed by atoms with van der Waals surface area (Å²) in [5.41, 5.74) is 4.68. The highest BCUT2D eigenvalue weighted by Crippen LogP contribution is 2.47. The maximum atomic E-state index is 12.6. The molecule has 0 radical (unpaired) electrons. The van der Waals surface area contributed by atoms with Gasteiger partial charge in [-0.05, 0) is 40.5 Å². The Morgan fingerprint density at radius 1 is 1.09 bits per heavy atom. The molecule has 3 fully saturated rings. The smallest absolute Gasteiger partial charge is 0.407 e. The molecule has 4 unspecified atom stereocenters. The summed E-state index contributed by atoms with van der Waals surface area (Å²) in [5.74, 6) is -1.23. The van der Waals surface area contributed by atoms with Crippen molar-refractivity contribution in [1.29, 1.82) is 0 Å². The number of rotatable bonds is 7. The van der Waals surface area contributed by atoms with Gasteiger partial charge in [0.25, 0.3) is 0 Å². The summed E-state index contributed by atoms with van der Waals surface area (Å²) in [7, 11) is 0. The van der Waals surface area contributed by atoms with E-state index in [1.807, 2.05) is 31.2 Å². The first kappa shape index (κ1) is 21.5. The first-order chi connectivity index (χ1) is 15.9. The van der Waals surface area contributed by atoms with E-state index >= 15 is 0 Å². The van der Waals surface area contributed by atoms with Crippen LogP contribution < -0.4 is 5.32 Å². The second kappa shape index (κ2) is 8.54. The molecule has 0 spiro atoms. The molecule has 2 aromatic rings. The number of aliphatic carboxylic acids is 1. The summed E-state index contributed by atoms with van der Waals surface area (Å²) >= 11 is 0. The highest BCUT2D eigenvalue weighted by Gasteiger charge is 2.56. The summed E-state index contributed by atoms with van der Waals surface area (Å²) in [6, 6.07) is 16.2. The highest BCUT2D eigenvalue weighted by molar-refractivity contribution is 5.81. The number of benzene rings is 2. The maximum Gasteiger partial charge on any atom is 0.407 e. The number of fused-ring (bicyclic) bond motifs is 4. The van der Waals surface area contributed by atoms with E-state index in [1.54, 1.807) is 4.90 Å². The van der Waals surface area contributed by atoms with Crippen LogP contribution in [0.5, 0.6) is 0 Å². The topological polar surface area (TPSA) is 95.9 Å². The molecular weight excluding hydrogens is 420 g/mol. The molecule has 7 heteroatoms. The molecule has 2 aromatic carbocycles. The molecule has 4 atom stereocenters. The largest absolute Gasteiger partial charge is 0.481 e. The molecule has 2 bridgehead atoms. The standard InChI is InChI=1S/C26H28N2O5/c1-15(10-23(29)28-13-16-11-22(28)24(16)25(30)31)12-27-26(32)33-14-21-19-8-4-2-6-17(19)18-7-3-5-9-20(18)21/h2-9,15-16,21-22,24H,10-14H2,1H3,(H,27,32)(H,30,31). The summed E-state index contributed by atoms with van der Waals surface area (Å²) in [4.78, 5) is 38.0. The van der Waals surface area contributed by atoms with Gasteiger partial charge in [-0.1, -0.05) is 55.5 Å². The Kier molecular flexibility index (Phi) is 5.56. The lowest BCUT2D eigenvalue weighted by Gasteiger charge is -2.33. The van der Waals surface area contributed by atoms with Crippen LogP contribution in [0, 0.1) is 17.8 Å². The number of carboxylic acid groups (broad SMARTS) is 1. The number of nitrogens with one attached hydrogen (secondary N) is 1. The fourth-order valence-electron chi connectivity index (χ4n) is 5.67. The Hall–Kier alpha value is -3.35. The molecule has 33 heavy (non-hydrogen) atoms. The van der Waals surface area contributed by atoms with Crippen LogP contribution in [-0.2, 0) is 14.3 Å². The van der Waals surface area contributed by atoms with Crippen molar-refractivity contribution in [1.82, 2.24) is 10.2 Å². The molecule has 0 aromatic heterocycles. The van der Waals surface area contributed by atoms with Crippen molar-refractivity contribution in [3.8, 4) is 11.1 Å². The normalized spacial score (nSPS) is 23.3. The van der Waals surface area contributed by atoms with Crippen LogP contribution in [0.15, 0.2) is 48.5 Å². The van der Waals surface area contributed by atoms with Gasteiger partial charge in [0.05, 0.1) is 5.92 Å². The predicted octanol–water partition coefficient (Wildman–Crippen LogP) is 3.48. The van der Waals surface area contributed by atoms with E-state index in [-0.39, 0.29) is 42.7 Å². The minimum atomic E-state index is -0.809. The number of ether oxygens (including phenoxy) is 1. The van der Waals surface area contributed by atoms with Crippen molar-refractivity contribution >= 4 is 18.0 Å². The second-order valence-corrected chi connectivity index (χ2v) is 9.49. The van der Waals surface area contributed by atoms with Crippen LogP contribution >= 0.6 is 0 Å². The molecule has 7 nitrogen and oxygen atoms in total. The van der Waals surface area contributed by atoms with Crippen molar-refractivity contribution < 1.29 is 24.2 Å². The number of carbonyl (C=O) groups is 3. The monoisotopic (exact) mass is 448 g/mol. The van der Waals surface area contributed by atoms with Crippen molar-refractivity contribution in [2.24, 2.45) is 17.8 Å². The summed E-state index contributed by atoms with van der Waals surface area (Å²) in [5, 5.41) is 12.1. The molecule has 2 aliphatic heterocycles. The van der Waals surface area contributed by atoms with Gasteiger partial charge in [-0.3, -0.25) is 9.59 Å². The minimum Gasteiger partial charge on any atom is -0.481 e. The second-order valence-electron chi connectivity index (χ2n) is 9.49. The van der Waals surface area contributed by atoms with Crippen LogP contribution in [0.1, 0.15) is 36.8 Å². The Morgan fingerprint density at radius 3 is 2.33 bits per heavy atom. The minimum absolute atomic E-state index is 0.00554. The van der Waals surface area contributed by atoms with E-state index in [0.29, 0.717) is 13.1 Å². The van der Waals surface area contributed by atoms with E-state index < -0.39 is 18.0 Å². The molecule has 2 aliphatic carbocycles. The van der Waals surface area contributed by atoms with Crippen molar-refractivity contribution in [3.63, 3.8) is 0 Å². The lowest BCUT2D eigenvalue weighted by atomic mass is 9.74. The zero-order valence-corrected chi connectivity index (χ0v) is 18.6. The third-order valence-corrected chi connectivity index (χ3v) is 7.37. The Morgan fingerprint density at radius 2 is 1.73 bits per heavy atom. The number of hydrogen-bond donors (Lipinski definition) is 2. The zero-order valence-electron chi connectivity index (χ0n) is 18.6. The Bertz CT molecular complexity index is 1050. The van der Waals surface area contributed by atoms with Crippen LogP contribution in [0.4, 0.5) is 4.79 Å². The molecule has 4 aliphatic rings. The average Bonchev–Trinajstić information content (AvgIpc) is 3.47. The zero-order chi connectivity index (χ0) is 23.1. The van der Waals surface area contributed by atoms with Gasteiger partial charge < -0.3 is 20.1 Å². The Labute approximate surface area is 192 Å². The number of amides is 2. The van der Waals surface area contributed by atoms with Crippen molar-refractivity contribution in [3.05, 3.63) is 59.7 Å². The summed E-state index contributed by atoms with van der Waals surface area (Å²) in [6.07, 6.45) is 0.569. The van der Waals surface area contributed by atoms with Crippen LogP contribution in [0.2, 0.25) is 0 Å². The fraction of sp³-hybridized carbons (Fsp3) is 0.423. The van der Waals surface area contributed by atoms with Gasteiger partial charge in [-0.25, -0.2) is 4.79 Å². The third-order valence-electron chi connectivity index (χ3n) is 7.37. The van der Waals surface area contributed by atoms with Gasteiger partial charge >= 0.3 is 12.1 Å². The van der Waals surface area contributed by atoms with Gasteiger partial charge in [0.2, 0.25) is 5.91 Å². The fourth-order valence-corrected chi connectivity index (χ4v) is 5.67. The van der Waals surface area contributed by atoms with Gasteiger partial charge in [-0.15, -0.1) is 0 Å². The van der Waals surface area contributed by atoms with Crippen molar-refractivity contribution in [2.45, 2.75) is 31.7 Å². The van der Waals surface area contributed by atoms with Crippen LogP contribution in [0.3, 0.4) is 0 Å². The number of alkyl carbamates (subject to hydrolysis) is 1. The molecule has 2 saturated heterocycles. The first-order valence-corrected chi connectivity index (χ1v) is 11.5. The SMILES string of the molecule is CC(CNC(=O)OCC1c2ccccc2-c2ccccc21)CC(=O)N1CC2CC1C2C(=O)O. The molecule has 2 amide bonds. The average molecular weight is 449 g/mol. The lowest BCUT2D eigenvalue weighted by Crippen LogP contribution is -2.45. The van der Waals surface area contributed by atoms with Gasteiger partial charge in [0, 0.05) is 31.5 Å². The number of hydrogen-bond acceptors (Lipinski definition) is 4. The van der Waals surface area contributed by atoms with E-state index in [1.165, 1.54) is 11.1 Å². The highest BCUT2D eigenvalue weighted by atomic mass is 16.5. The molecule has 172 valence electrons. The number of carbonyl (C=O) groups excluding carboxylic acids is 2. The summed E-state index contributed by atoms with van der Waals surface area (Å²) in [6.45, 7) is 3.01. The quantitative estimate of drug-likeness (QED) is 0.676. The first-order valence-electron chi connectivity index (χ1n) is 11.5. The molecule has 2 N–H and O–H groups in total. The van der Waals surface area contributed by atoms with Gasteiger partial charge in [-0.2, -0.15) is 0 Å². The Balaban J connectivity index is 1.10. The molecule has 6 rings (SSSR count). The van der Waals surface area contributed by atoms with Crippen molar-refractivity contribution in [2.75, 3.05) is 19.7 Å². The van der Waals surface area contributed by atoms with E-state index in [9.17, 15) is 19.5 Å². The van der Waals surface area contributed by atoms with E-state index in [0.717, 1.165) is 17.5 Å². The van der Waals surface area contributed by atoms with Crippen LogP contribution in [-0.4, -0.2) is 53.7 Å². The predicted molar refractivity (Wildman–Crippen MR) is 122 cm³/mol. The molecule has 1 saturated carbocycles. The maximum absolute atomic E-state index is 12.6. The number of carboxylic acids is 1. The summed E-state index contributed by atoms with van der Waals surface area (Å²) < 4.78 is 5.55. The molecule has 2 heterocycles. The molecular formula is C26H28N2O5. The third kappa shape index (κ3) is 3.86.